The van der Waals surface area contributed by atoms with E-state index in [-0.39, 0.29) is 0 Å². The lowest BCUT2D eigenvalue weighted by atomic mass is 10.1. The Labute approximate surface area is 227 Å². The van der Waals surface area contributed by atoms with Crippen LogP contribution in [0.15, 0.2) is 47.1 Å². The van der Waals surface area contributed by atoms with E-state index >= 15 is 0 Å². The summed E-state index contributed by atoms with van der Waals surface area (Å²) in [6.07, 6.45) is 4.41. The number of fused-ring (bicyclic) bond motifs is 3. The molecule has 0 radical (unpaired) electrons. The molecule has 0 unspecified atom stereocenters. The Morgan fingerprint density at radius 3 is 2.50 bits per heavy atom. The zero-order chi connectivity index (χ0) is 26.3. The lowest BCUT2D eigenvalue weighted by Gasteiger charge is -2.26. The summed E-state index contributed by atoms with van der Waals surface area (Å²) >= 11 is 3.71. The number of alkyl halides is 3. The van der Waals surface area contributed by atoms with Crippen molar-refractivity contribution in [1.29, 1.82) is 0 Å². The van der Waals surface area contributed by atoms with E-state index in [4.69, 9.17) is 4.74 Å². The number of ether oxygens (including phenoxy) is 1. The molecule has 1 N–H and O–H groups in total. The first kappa shape index (κ1) is 25.4. The van der Waals surface area contributed by atoms with Crippen LogP contribution in [0.25, 0.3) is 21.8 Å². The largest absolute Gasteiger partial charge is 0.492 e. The molecule has 200 valence electrons. The van der Waals surface area contributed by atoms with Crippen molar-refractivity contribution in [1.82, 2.24) is 19.7 Å². The molecule has 3 heterocycles. The first-order valence-electron chi connectivity index (χ1n) is 13.2. The van der Waals surface area contributed by atoms with Crippen LogP contribution < -0.4 is 10.1 Å². The van der Waals surface area contributed by atoms with E-state index in [1.165, 1.54) is 44.5 Å². The van der Waals surface area contributed by atoms with Gasteiger partial charge in [-0.15, -0.1) is 5.10 Å². The van der Waals surface area contributed by atoms with Crippen molar-refractivity contribution in [3.05, 3.63) is 52.6 Å². The van der Waals surface area contributed by atoms with E-state index in [2.05, 4.69) is 47.0 Å². The third-order valence-corrected chi connectivity index (χ3v) is 8.00. The van der Waals surface area contributed by atoms with Gasteiger partial charge in [0.25, 0.3) is 0 Å². The fourth-order valence-electron chi connectivity index (χ4n) is 5.35. The average Bonchev–Trinajstić information content (AvgIpc) is 3.69. The van der Waals surface area contributed by atoms with Crippen LogP contribution in [-0.2, 0) is 6.18 Å². The number of hydrogen-bond donors (Lipinski definition) is 1. The summed E-state index contributed by atoms with van der Waals surface area (Å²) in [5.74, 6) is 1.27. The van der Waals surface area contributed by atoms with Crippen LogP contribution in [0.5, 0.6) is 5.75 Å². The van der Waals surface area contributed by atoms with Gasteiger partial charge in [0, 0.05) is 23.7 Å². The molecule has 6 rings (SSSR count). The van der Waals surface area contributed by atoms with Crippen LogP contribution in [0.2, 0.25) is 0 Å². The molecule has 2 aromatic heterocycles. The number of likely N-dealkylation sites (tertiary alicyclic amines) is 1. The highest BCUT2D eigenvalue weighted by Gasteiger charge is 2.31. The zero-order valence-electron chi connectivity index (χ0n) is 20.9. The first-order chi connectivity index (χ1) is 18.4. The predicted molar refractivity (Wildman–Crippen MR) is 146 cm³/mol. The van der Waals surface area contributed by atoms with Crippen molar-refractivity contribution in [2.75, 3.05) is 31.6 Å². The average molecular weight is 588 g/mol. The minimum atomic E-state index is -4.38. The standard InChI is InChI=1S/C28H29BrF3N5O/c29-22-16-23-21(15-25(22)38-14-4-13-36-11-2-1-3-12-36)26-24(37(23)20-9-10-20)17-33-35-27(26)34-19-7-5-18(6-8-19)28(30,31)32/h5-8,15-17,20H,1-4,9-14H2,(H,34,35). The van der Waals surface area contributed by atoms with Gasteiger partial charge >= 0.3 is 6.18 Å². The van der Waals surface area contributed by atoms with E-state index in [0.29, 0.717) is 24.2 Å². The van der Waals surface area contributed by atoms with Crippen LogP contribution in [0.3, 0.4) is 0 Å². The summed E-state index contributed by atoms with van der Waals surface area (Å²) in [7, 11) is 0. The van der Waals surface area contributed by atoms with Crippen LogP contribution in [0.1, 0.15) is 50.1 Å². The number of rotatable bonds is 8. The summed E-state index contributed by atoms with van der Waals surface area (Å²) < 4.78 is 48.5. The maximum Gasteiger partial charge on any atom is 0.416 e. The fraction of sp³-hybridized carbons (Fsp3) is 0.429. The highest BCUT2D eigenvalue weighted by Crippen LogP contribution is 2.46. The maximum atomic E-state index is 13.0. The maximum absolute atomic E-state index is 13.0. The molecule has 4 aromatic rings. The van der Waals surface area contributed by atoms with Crippen molar-refractivity contribution < 1.29 is 17.9 Å². The van der Waals surface area contributed by atoms with Gasteiger partial charge in [-0.1, -0.05) is 6.42 Å². The van der Waals surface area contributed by atoms with Gasteiger partial charge in [0.15, 0.2) is 5.82 Å². The predicted octanol–water partition coefficient (Wildman–Crippen LogP) is 7.70. The minimum absolute atomic E-state index is 0.390. The Hall–Kier alpha value is -2.85. The molecular formula is C28H29BrF3N5O. The van der Waals surface area contributed by atoms with Gasteiger partial charge in [0.1, 0.15) is 5.75 Å². The fourth-order valence-corrected chi connectivity index (χ4v) is 5.80. The minimum Gasteiger partial charge on any atom is -0.492 e. The summed E-state index contributed by atoms with van der Waals surface area (Å²) in [6, 6.07) is 9.48. The van der Waals surface area contributed by atoms with Gasteiger partial charge in [-0.05, 0) is 97.5 Å². The molecule has 2 fully saturated rings. The zero-order valence-corrected chi connectivity index (χ0v) is 22.5. The Morgan fingerprint density at radius 2 is 1.79 bits per heavy atom. The number of nitrogens with zero attached hydrogens (tertiary/aromatic N) is 4. The molecule has 38 heavy (non-hydrogen) atoms. The SMILES string of the molecule is FC(F)(F)c1ccc(Nc2nncc3c2c2cc(OCCCN4CCCCC4)c(Br)cc2n3C2CC2)cc1. The van der Waals surface area contributed by atoms with E-state index in [1.807, 2.05) is 6.07 Å². The molecular weight excluding hydrogens is 559 g/mol. The van der Waals surface area contributed by atoms with Gasteiger partial charge in [-0.2, -0.15) is 18.3 Å². The van der Waals surface area contributed by atoms with E-state index in [1.54, 1.807) is 6.20 Å². The van der Waals surface area contributed by atoms with Gasteiger partial charge in [-0.3, -0.25) is 0 Å². The molecule has 10 heteroatoms. The summed E-state index contributed by atoms with van der Waals surface area (Å²) in [4.78, 5) is 2.51. The summed E-state index contributed by atoms with van der Waals surface area (Å²) in [5.41, 5.74) is 1.82. The van der Waals surface area contributed by atoms with Gasteiger partial charge in [-0.25, -0.2) is 0 Å². The normalized spacial score (nSPS) is 16.8. The van der Waals surface area contributed by atoms with E-state index in [9.17, 15) is 13.2 Å². The van der Waals surface area contributed by atoms with Crippen molar-refractivity contribution in [2.24, 2.45) is 0 Å². The molecule has 0 spiro atoms. The van der Waals surface area contributed by atoms with E-state index < -0.39 is 11.7 Å². The third kappa shape index (κ3) is 5.20. The molecule has 2 aromatic carbocycles. The number of benzene rings is 2. The summed E-state index contributed by atoms with van der Waals surface area (Å²) in [5, 5.41) is 13.6. The van der Waals surface area contributed by atoms with Crippen LogP contribution in [0.4, 0.5) is 24.7 Å². The number of anilines is 2. The number of piperidine rings is 1. The molecule has 1 saturated carbocycles. The van der Waals surface area contributed by atoms with Crippen LogP contribution >= 0.6 is 15.9 Å². The Morgan fingerprint density at radius 1 is 1.03 bits per heavy atom. The molecule has 2 aliphatic rings. The second-order valence-electron chi connectivity index (χ2n) is 10.2. The van der Waals surface area contributed by atoms with Gasteiger partial charge in [0.05, 0.1) is 39.3 Å². The molecule has 1 aliphatic carbocycles. The first-order valence-corrected chi connectivity index (χ1v) is 14.0. The molecule has 1 aliphatic heterocycles. The lowest BCUT2D eigenvalue weighted by Crippen LogP contribution is -2.31. The highest BCUT2D eigenvalue weighted by atomic mass is 79.9. The molecule has 0 atom stereocenters. The quantitative estimate of drug-likeness (QED) is 0.214. The molecule has 0 bridgehead atoms. The molecule has 6 nitrogen and oxygen atoms in total. The summed E-state index contributed by atoms with van der Waals surface area (Å²) in [6.45, 7) is 4.01. The Kier molecular flexibility index (Phi) is 6.94. The number of aromatic nitrogens is 3. The van der Waals surface area contributed by atoms with Crippen LogP contribution in [-0.4, -0.2) is 45.9 Å². The molecule has 0 amide bonds. The number of halogens is 4. The van der Waals surface area contributed by atoms with Crippen molar-refractivity contribution in [3.63, 3.8) is 0 Å². The van der Waals surface area contributed by atoms with Crippen molar-refractivity contribution in [3.8, 4) is 5.75 Å². The van der Waals surface area contributed by atoms with Crippen molar-refractivity contribution >= 4 is 49.2 Å². The second kappa shape index (κ2) is 10.4. The van der Waals surface area contributed by atoms with E-state index in [0.717, 1.165) is 70.0 Å². The topological polar surface area (TPSA) is 55.2 Å². The van der Waals surface area contributed by atoms with Crippen molar-refractivity contribution in [2.45, 2.75) is 50.7 Å². The number of hydrogen-bond acceptors (Lipinski definition) is 5. The third-order valence-electron chi connectivity index (χ3n) is 7.38. The monoisotopic (exact) mass is 587 g/mol. The second-order valence-corrected chi connectivity index (χ2v) is 11.0. The van der Waals surface area contributed by atoms with Gasteiger partial charge in [0.2, 0.25) is 0 Å². The Balaban J connectivity index is 1.31. The Bertz CT molecular complexity index is 1440. The number of nitrogens with one attached hydrogen (secondary N) is 1. The highest BCUT2D eigenvalue weighted by molar-refractivity contribution is 9.10. The smallest absolute Gasteiger partial charge is 0.416 e. The van der Waals surface area contributed by atoms with Gasteiger partial charge < -0.3 is 19.5 Å². The van der Waals surface area contributed by atoms with Crippen LogP contribution in [0, 0.1) is 0 Å². The molecule has 1 saturated heterocycles. The lowest BCUT2D eigenvalue weighted by molar-refractivity contribution is -0.137.